The fourth-order valence-electron chi connectivity index (χ4n) is 2.35. The fourth-order valence-corrected chi connectivity index (χ4v) is 2.35. The predicted molar refractivity (Wildman–Crippen MR) is 84.0 cm³/mol. The topological polar surface area (TPSA) is 81.8 Å². The molecule has 3 amide bonds. The molecule has 1 aromatic rings. The Morgan fingerprint density at radius 2 is 2.14 bits per heavy atom. The number of hydrogen-bond acceptors (Lipinski definition) is 4. The number of rotatable bonds is 4. The molecule has 0 spiro atoms. The van der Waals surface area contributed by atoms with Crippen LogP contribution in [0.3, 0.4) is 0 Å². The standard InChI is InChI=1S/C15H20N4O3/c1-4-19(9-13(20)16-2)15(22)10-5-6-12-11(7-10)17-14(21)8-18(12)3/h5-7H,4,8-9H2,1-3H3,(H,16,20)(H,17,21). The SMILES string of the molecule is CCN(CC(=O)NC)C(=O)c1ccc2c(c1)NC(=O)CN2C. The second kappa shape index (κ2) is 6.46. The van der Waals surface area contributed by atoms with Crippen LogP contribution in [0, 0.1) is 0 Å². The van der Waals surface area contributed by atoms with E-state index in [2.05, 4.69) is 10.6 Å². The average molecular weight is 304 g/mol. The van der Waals surface area contributed by atoms with Gasteiger partial charge in [-0.15, -0.1) is 0 Å². The number of benzene rings is 1. The van der Waals surface area contributed by atoms with Crippen molar-refractivity contribution < 1.29 is 14.4 Å². The van der Waals surface area contributed by atoms with Crippen LogP contribution in [0.2, 0.25) is 0 Å². The molecule has 1 aromatic carbocycles. The molecular formula is C15H20N4O3. The summed E-state index contributed by atoms with van der Waals surface area (Å²) in [4.78, 5) is 38.8. The van der Waals surface area contributed by atoms with Crippen molar-refractivity contribution in [2.24, 2.45) is 0 Å². The van der Waals surface area contributed by atoms with Crippen molar-refractivity contribution in [1.82, 2.24) is 10.2 Å². The summed E-state index contributed by atoms with van der Waals surface area (Å²) in [7, 11) is 3.36. The summed E-state index contributed by atoms with van der Waals surface area (Å²) in [6.07, 6.45) is 0. The molecule has 2 N–H and O–H groups in total. The minimum atomic E-state index is -0.239. The lowest BCUT2D eigenvalue weighted by atomic mass is 10.1. The Kier molecular flexibility index (Phi) is 4.65. The van der Waals surface area contributed by atoms with Crippen LogP contribution in [-0.4, -0.2) is 56.4 Å². The third kappa shape index (κ3) is 3.19. The number of hydrogen-bond donors (Lipinski definition) is 2. The van der Waals surface area contributed by atoms with E-state index in [-0.39, 0.29) is 30.8 Å². The summed E-state index contributed by atoms with van der Waals surface area (Å²) < 4.78 is 0. The van der Waals surface area contributed by atoms with E-state index in [4.69, 9.17) is 0 Å². The van der Waals surface area contributed by atoms with Crippen LogP contribution < -0.4 is 15.5 Å². The van der Waals surface area contributed by atoms with Gasteiger partial charge in [-0.2, -0.15) is 0 Å². The molecule has 0 unspecified atom stereocenters. The first-order chi connectivity index (χ1) is 10.5. The van der Waals surface area contributed by atoms with Gasteiger partial charge in [-0.25, -0.2) is 0 Å². The molecule has 1 aliphatic heterocycles. The second-order valence-corrected chi connectivity index (χ2v) is 5.13. The van der Waals surface area contributed by atoms with Gasteiger partial charge in [0, 0.05) is 26.2 Å². The van der Waals surface area contributed by atoms with Gasteiger partial charge in [0.15, 0.2) is 0 Å². The molecule has 0 atom stereocenters. The Balaban J connectivity index is 2.25. The number of fused-ring (bicyclic) bond motifs is 1. The summed E-state index contributed by atoms with van der Waals surface area (Å²) in [5, 5.41) is 5.26. The van der Waals surface area contributed by atoms with Crippen LogP contribution in [-0.2, 0) is 9.59 Å². The maximum atomic E-state index is 12.5. The first-order valence-corrected chi connectivity index (χ1v) is 7.11. The summed E-state index contributed by atoms with van der Waals surface area (Å²) in [6, 6.07) is 5.16. The number of anilines is 2. The van der Waals surface area contributed by atoms with Crippen LogP contribution in [0.5, 0.6) is 0 Å². The van der Waals surface area contributed by atoms with Gasteiger partial charge in [-0.3, -0.25) is 14.4 Å². The Morgan fingerprint density at radius 3 is 2.77 bits per heavy atom. The van der Waals surface area contributed by atoms with Crippen LogP contribution in [0.4, 0.5) is 11.4 Å². The number of nitrogens with one attached hydrogen (secondary N) is 2. The molecule has 7 heteroatoms. The fraction of sp³-hybridized carbons (Fsp3) is 0.400. The van der Waals surface area contributed by atoms with Crippen LogP contribution in [0.15, 0.2) is 18.2 Å². The zero-order valence-corrected chi connectivity index (χ0v) is 13.0. The van der Waals surface area contributed by atoms with E-state index in [0.717, 1.165) is 5.69 Å². The van der Waals surface area contributed by atoms with E-state index in [1.54, 1.807) is 18.2 Å². The van der Waals surface area contributed by atoms with Gasteiger partial charge in [0.05, 0.1) is 24.5 Å². The molecule has 22 heavy (non-hydrogen) atoms. The molecule has 1 aliphatic rings. The molecule has 0 aromatic heterocycles. The number of likely N-dealkylation sites (N-methyl/N-ethyl adjacent to an activating group) is 3. The summed E-state index contributed by atoms with van der Waals surface area (Å²) in [5.74, 6) is -0.574. The van der Waals surface area contributed by atoms with Crippen molar-refractivity contribution in [3.63, 3.8) is 0 Å². The van der Waals surface area contributed by atoms with Crippen molar-refractivity contribution >= 4 is 29.1 Å². The zero-order valence-electron chi connectivity index (χ0n) is 13.0. The van der Waals surface area contributed by atoms with Crippen molar-refractivity contribution in [3.8, 4) is 0 Å². The van der Waals surface area contributed by atoms with Gasteiger partial charge in [-0.05, 0) is 25.1 Å². The lowest BCUT2D eigenvalue weighted by Crippen LogP contribution is -2.39. The summed E-state index contributed by atoms with van der Waals surface area (Å²) >= 11 is 0. The minimum Gasteiger partial charge on any atom is -0.364 e. The van der Waals surface area contributed by atoms with Gasteiger partial charge in [0.1, 0.15) is 0 Å². The van der Waals surface area contributed by atoms with E-state index in [1.165, 1.54) is 11.9 Å². The monoisotopic (exact) mass is 304 g/mol. The minimum absolute atomic E-state index is 0.00911. The first-order valence-electron chi connectivity index (χ1n) is 7.11. The molecular weight excluding hydrogens is 284 g/mol. The van der Waals surface area contributed by atoms with Gasteiger partial charge in [0.2, 0.25) is 11.8 Å². The number of amides is 3. The Hall–Kier alpha value is -2.57. The summed E-state index contributed by atoms with van der Waals surface area (Å²) in [5.41, 5.74) is 1.92. The van der Waals surface area contributed by atoms with Gasteiger partial charge >= 0.3 is 0 Å². The molecule has 1 heterocycles. The third-order valence-corrected chi connectivity index (χ3v) is 3.59. The zero-order chi connectivity index (χ0) is 16.3. The van der Waals surface area contributed by atoms with Crippen molar-refractivity contribution in [1.29, 1.82) is 0 Å². The lowest BCUT2D eigenvalue weighted by Gasteiger charge is -2.28. The quantitative estimate of drug-likeness (QED) is 0.837. The maximum absolute atomic E-state index is 12.5. The van der Waals surface area contributed by atoms with Crippen LogP contribution >= 0.6 is 0 Å². The first kappa shape index (κ1) is 15.8. The third-order valence-electron chi connectivity index (χ3n) is 3.59. The lowest BCUT2D eigenvalue weighted by molar-refractivity contribution is -0.121. The molecule has 0 saturated heterocycles. The van der Waals surface area contributed by atoms with Gasteiger partial charge in [0.25, 0.3) is 5.91 Å². The largest absolute Gasteiger partial charge is 0.364 e. The Labute approximate surface area is 129 Å². The smallest absolute Gasteiger partial charge is 0.254 e. The van der Waals surface area contributed by atoms with Crippen LogP contribution in [0.1, 0.15) is 17.3 Å². The average Bonchev–Trinajstić information content (AvgIpc) is 2.50. The highest BCUT2D eigenvalue weighted by Crippen LogP contribution is 2.29. The molecule has 0 fully saturated rings. The second-order valence-electron chi connectivity index (χ2n) is 5.13. The molecule has 0 bridgehead atoms. The number of nitrogens with zero attached hydrogens (tertiary/aromatic N) is 2. The number of carbonyl (C=O) groups is 3. The highest BCUT2D eigenvalue weighted by atomic mass is 16.2. The number of carbonyl (C=O) groups excluding carboxylic acids is 3. The maximum Gasteiger partial charge on any atom is 0.254 e. The Bertz CT molecular complexity index is 615. The van der Waals surface area contributed by atoms with Crippen molar-refractivity contribution in [2.45, 2.75) is 6.92 Å². The normalized spacial score (nSPS) is 13.2. The van der Waals surface area contributed by atoms with Gasteiger partial charge < -0.3 is 20.4 Å². The van der Waals surface area contributed by atoms with Crippen molar-refractivity contribution in [2.75, 3.05) is 43.9 Å². The highest BCUT2D eigenvalue weighted by Gasteiger charge is 2.22. The summed E-state index contributed by atoms with van der Waals surface area (Å²) in [6.45, 7) is 2.54. The molecule has 2 rings (SSSR count). The molecule has 118 valence electrons. The highest BCUT2D eigenvalue weighted by molar-refractivity contribution is 6.04. The predicted octanol–water partition coefficient (Wildman–Crippen LogP) is 0.283. The van der Waals surface area contributed by atoms with E-state index < -0.39 is 0 Å². The molecule has 0 aliphatic carbocycles. The van der Waals surface area contributed by atoms with E-state index in [0.29, 0.717) is 17.8 Å². The molecule has 0 saturated carbocycles. The molecule has 7 nitrogen and oxygen atoms in total. The van der Waals surface area contributed by atoms with E-state index in [9.17, 15) is 14.4 Å². The van der Waals surface area contributed by atoms with E-state index >= 15 is 0 Å². The molecule has 0 radical (unpaired) electrons. The van der Waals surface area contributed by atoms with Crippen LogP contribution in [0.25, 0.3) is 0 Å². The van der Waals surface area contributed by atoms with Gasteiger partial charge in [-0.1, -0.05) is 0 Å². The van der Waals surface area contributed by atoms with Crippen molar-refractivity contribution in [3.05, 3.63) is 23.8 Å². The van der Waals surface area contributed by atoms with E-state index in [1.807, 2.05) is 18.9 Å². The Morgan fingerprint density at radius 1 is 1.41 bits per heavy atom.